The fraction of sp³-hybridized carbons (Fsp3) is 0.568. The minimum Gasteiger partial charge on any atom is -0.444 e. The molecule has 48 heavy (non-hydrogen) atoms. The van der Waals surface area contributed by atoms with E-state index in [1.165, 1.54) is 5.56 Å². The van der Waals surface area contributed by atoms with Gasteiger partial charge in [0.1, 0.15) is 12.3 Å². The van der Waals surface area contributed by atoms with Crippen molar-refractivity contribution in [2.24, 2.45) is 0 Å². The SMILES string of the molecule is CC(C)(C)OC(=O)N1CCN(Cc2ccc(-c3ccc4c(c3)c(/C=C/B3OC(C)(C)C(C)(C)O3)nn4COCC[Si](C)(C)C)cc2)CC1. The Labute approximate surface area is 288 Å². The van der Waals surface area contributed by atoms with E-state index in [1.54, 1.807) is 0 Å². The van der Waals surface area contributed by atoms with Gasteiger partial charge < -0.3 is 23.7 Å². The van der Waals surface area contributed by atoms with Crippen molar-refractivity contribution in [2.75, 3.05) is 32.8 Å². The van der Waals surface area contributed by atoms with E-state index >= 15 is 0 Å². The first-order valence-corrected chi connectivity index (χ1v) is 21.0. The summed E-state index contributed by atoms with van der Waals surface area (Å²) in [6.45, 7) is 26.0. The van der Waals surface area contributed by atoms with Crippen LogP contribution in [0.2, 0.25) is 25.7 Å². The molecule has 2 saturated heterocycles. The summed E-state index contributed by atoms with van der Waals surface area (Å²) in [6.07, 6.45) is 1.79. The number of fused-ring (bicyclic) bond motifs is 1. The maximum atomic E-state index is 12.5. The van der Waals surface area contributed by atoms with E-state index in [1.807, 2.05) is 42.4 Å². The molecule has 0 radical (unpaired) electrons. The minimum atomic E-state index is -1.19. The predicted octanol–water partition coefficient (Wildman–Crippen LogP) is 7.71. The lowest BCUT2D eigenvalue weighted by Gasteiger charge is -2.35. The van der Waals surface area contributed by atoms with Gasteiger partial charge in [-0.25, -0.2) is 9.48 Å². The van der Waals surface area contributed by atoms with E-state index in [9.17, 15) is 4.79 Å². The van der Waals surface area contributed by atoms with Crippen LogP contribution in [0.5, 0.6) is 0 Å². The second kappa shape index (κ2) is 14.1. The van der Waals surface area contributed by atoms with Gasteiger partial charge in [-0.15, -0.1) is 0 Å². The molecule has 0 bridgehead atoms. The number of carbonyl (C=O) groups excluding carboxylic acids is 1. The van der Waals surface area contributed by atoms with Crippen molar-refractivity contribution >= 4 is 38.3 Å². The smallest absolute Gasteiger partial charge is 0.444 e. The lowest BCUT2D eigenvalue weighted by Crippen LogP contribution is -2.49. The molecule has 0 atom stereocenters. The Morgan fingerprint density at radius 1 is 0.958 bits per heavy atom. The Hall–Kier alpha value is -2.96. The molecule has 11 heteroatoms. The van der Waals surface area contributed by atoms with Crippen LogP contribution >= 0.6 is 0 Å². The summed E-state index contributed by atoms with van der Waals surface area (Å²) in [6, 6.07) is 16.4. The Morgan fingerprint density at radius 3 is 2.19 bits per heavy atom. The number of rotatable bonds is 10. The maximum Gasteiger partial charge on any atom is 0.487 e. The first-order chi connectivity index (χ1) is 22.4. The van der Waals surface area contributed by atoms with E-state index in [-0.39, 0.29) is 6.09 Å². The molecule has 2 aromatic carbocycles. The lowest BCUT2D eigenvalue weighted by atomic mass is 9.89. The highest BCUT2D eigenvalue weighted by atomic mass is 28.3. The highest BCUT2D eigenvalue weighted by Crippen LogP contribution is 2.37. The van der Waals surface area contributed by atoms with Crippen molar-refractivity contribution in [3.8, 4) is 11.1 Å². The summed E-state index contributed by atoms with van der Waals surface area (Å²) in [5.41, 5.74) is 4.14. The zero-order valence-electron chi connectivity index (χ0n) is 30.8. The predicted molar refractivity (Wildman–Crippen MR) is 197 cm³/mol. The number of nitrogens with zero attached hydrogens (tertiary/aromatic N) is 4. The number of hydrogen-bond acceptors (Lipinski definition) is 7. The van der Waals surface area contributed by atoms with Crippen LogP contribution in [0, 0.1) is 0 Å². The fourth-order valence-corrected chi connectivity index (χ4v) is 6.50. The van der Waals surface area contributed by atoms with Crippen LogP contribution in [-0.4, -0.2) is 90.5 Å². The van der Waals surface area contributed by atoms with Gasteiger partial charge in [0.2, 0.25) is 0 Å². The van der Waals surface area contributed by atoms with Crippen LogP contribution < -0.4 is 0 Å². The third kappa shape index (κ3) is 9.18. The first kappa shape index (κ1) is 36.3. The number of amides is 1. The topological polar surface area (TPSA) is 78.3 Å². The summed E-state index contributed by atoms with van der Waals surface area (Å²) in [5, 5.41) is 6.03. The van der Waals surface area contributed by atoms with E-state index in [0.717, 1.165) is 60.0 Å². The number of ether oxygens (including phenoxy) is 2. The molecule has 1 aromatic heterocycles. The monoisotopic (exact) mass is 674 g/mol. The van der Waals surface area contributed by atoms with E-state index in [4.69, 9.17) is 23.9 Å². The van der Waals surface area contributed by atoms with Gasteiger partial charge in [-0.2, -0.15) is 5.10 Å². The number of hydrogen-bond donors (Lipinski definition) is 0. The van der Waals surface area contributed by atoms with Crippen LogP contribution in [0.25, 0.3) is 28.1 Å². The Kier molecular flexibility index (Phi) is 10.7. The molecular weight excluding hydrogens is 619 g/mol. The molecular formula is C37H55BN4O5Si. The minimum absolute atomic E-state index is 0.227. The van der Waals surface area contributed by atoms with Crippen LogP contribution in [-0.2, 0) is 32.1 Å². The van der Waals surface area contributed by atoms with Gasteiger partial charge >= 0.3 is 13.2 Å². The summed E-state index contributed by atoms with van der Waals surface area (Å²) < 4.78 is 26.0. The molecule has 2 fully saturated rings. The van der Waals surface area contributed by atoms with Gasteiger partial charge in [-0.1, -0.05) is 55.9 Å². The Morgan fingerprint density at radius 2 is 1.58 bits per heavy atom. The second-order valence-electron chi connectivity index (χ2n) is 16.4. The van der Waals surface area contributed by atoms with Gasteiger partial charge in [-0.3, -0.25) is 4.90 Å². The van der Waals surface area contributed by atoms with Crippen molar-refractivity contribution in [1.82, 2.24) is 19.6 Å². The second-order valence-corrected chi connectivity index (χ2v) is 22.0. The summed E-state index contributed by atoms with van der Waals surface area (Å²) in [7, 11) is -1.63. The van der Waals surface area contributed by atoms with E-state index in [2.05, 4.69) is 94.7 Å². The Balaban J connectivity index is 1.29. The third-order valence-corrected chi connectivity index (χ3v) is 11.1. The van der Waals surface area contributed by atoms with Gasteiger partial charge in [0.25, 0.3) is 0 Å². The lowest BCUT2D eigenvalue weighted by molar-refractivity contribution is 0.00578. The van der Waals surface area contributed by atoms with Gasteiger partial charge in [0.15, 0.2) is 0 Å². The van der Waals surface area contributed by atoms with Crippen molar-refractivity contribution < 1.29 is 23.6 Å². The number of benzene rings is 2. The third-order valence-electron chi connectivity index (χ3n) is 9.39. The molecule has 0 saturated carbocycles. The summed E-state index contributed by atoms with van der Waals surface area (Å²) in [4.78, 5) is 16.6. The standard InChI is InChI=1S/C37H55BN4O5Si/c1-35(2,3)45-34(43)41-21-19-40(20-22-41)26-28-11-13-29(14-12-28)30-15-16-33-31(25-30)32(39-42(33)27-44-23-24-48(8,9)10)17-18-38-46-36(4,5)37(6,7)47-38/h11-18,25H,19-24,26-27H2,1-10H3/b18-17+. The van der Waals surface area contributed by atoms with E-state index in [0.29, 0.717) is 19.8 Å². The van der Waals surface area contributed by atoms with Crippen molar-refractivity contribution in [3.63, 3.8) is 0 Å². The zero-order chi connectivity index (χ0) is 34.9. The molecule has 9 nitrogen and oxygen atoms in total. The van der Waals surface area contributed by atoms with Crippen molar-refractivity contribution in [3.05, 3.63) is 59.7 Å². The number of aromatic nitrogens is 2. The van der Waals surface area contributed by atoms with Crippen LogP contribution in [0.4, 0.5) is 4.79 Å². The van der Waals surface area contributed by atoms with Crippen LogP contribution in [0.3, 0.4) is 0 Å². The molecule has 3 heterocycles. The number of carbonyl (C=O) groups is 1. The molecule has 0 spiro atoms. The van der Waals surface area contributed by atoms with Crippen molar-refractivity contribution in [1.29, 1.82) is 0 Å². The van der Waals surface area contributed by atoms with Crippen LogP contribution in [0.15, 0.2) is 48.4 Å². The molecule has 5 rings (SSSR count). The van der Waals surface area contributed by atoms with Crippen molar-refractivity contribution in [2.45, 2.75) is 104 Å². The molecule has 3 aromatic rings. The van der Waals surface area contributed by atoms with Gasteiger partial charge in [0, 0.05) is 52.8 Å². The van der Waals surface area contributed by atoms with Gasteiger partial charge in [0.05, 0.1) is 22.4 Å². The van der Waals surface area contributed by atoms with Crippen LogP contribution in [0.1, 0.15) is 59.7 Å². The quantitative estimate of drug-likeness (QED) is 0.161. The molecule has 1 amide bonds. The highest BCUT2D eigenvalue weighted by molar-refractivity contribution is 6.76. The molecule has 2 aliphatic rings. The fourth-order valence-electron chi connectivity index (χ4n) is 5.75. The highest BCUT2D eigenvalue weighted by Gasteiger charge is 2.50. The summed E-state index contributed by atoms with van der Waals surface area (Å²) >= 11 is 0. The maximum absolute atomic E-state index is 12.5. The molecule has 2 aliphatic heterocycles. The average molecular weight is 675 g/mol. The number of piperazine rings is 1. The van der Waals surface area contributed by atoms with Gasteiger partial charge in [-0.05, 0) is 89.4 Å². The first-order valence-electron chi connectivity index (χ1n) is 17.3. The summed E-state index contributed by atoms with van der Waals surface area (Å²) in [5.74, 6) is 1.96. The molecule has 260 valence electrons. The molecule has 0 aliphatic carbocycles. The largest absolute Gasteiger partial charge is 0.487 e. The van der Waals surface area contributed by atoms with E-state index < -0.39 is 32.0 Å². The zero-order valence-corrected chi connectivity index (χ0v) is 31.8. The molecule has 0 unspecified atom stereocenters. The molecule has 0 N–H and O–H groups in total. The Bertz CT molecular complexity index is 1580. The normalized spacial score (nSPS) is 18.7. The average Bonchev–Trinajstić information content (AvgIpc) is 3.44.